The molecule has 3 rings (SSSR count). The van der Waals surface area contributed by atoms with Crippen molar-refractivity contribution in [1.29, 1.82) is 0 Å². The van der Waals surface area contributed by atoms with Crippen molar-refractivity contribution >= 4 is 29.9 Å². The Morgan fingerprint density at radius 2 is 1.86 bits per heavy atom. The Kier molecular flexibility index (Phi) is 9.00. The number of benzene rings is 2. The largest absolute Gasteiger partial charge is 0.356 e. The Bertz CT molecular complexity index is 857. The third-order valence-electron chi connectivity index (χ3n) is 4.42. The lowest BCUT2D eigenvalue weighted by atomic mass is 9.98. The van der Waals surface area contributed by atoms with Gasteiger partial charge < -0.3 is 15.2 Å². The van der Waals surface area contributed by atoms with E-state index in [9.17, 15) is 0 Å². The molecule has 1 heterocycles. The molecule has 0 atom stereocenters. The molecule has 6 heteroatoms. The maximum atomic E-state index is 4.28. The predicted molar refractivity (Wildman–Crippen MR) is 127 cm³/mol. The van der Waals surface area contributed by atoms with E-state index in [2.05, 4.69) is 80.6 Å². The van der Waals surface area contributed by atoms with Gasteiger partial charge in [-0.1, -0.05) is 55.5 Å². The number of imidazole rings is 1. The van der Waals surface area contributed by atoms with Crippen molar-refractivity contribution in [1.82, 2.24) is 20.2 Å². The number of nitrogens with one attached hydrogen (secondary N) is 2. The van der Waals surface area contributed by atoms with Crippen LogP contribution in [0.15, 0.2) is 72.2 Å². The van der Waals surface area contributed by atoms with Gasteiger partial charge in [0.1, 0.15) is 0 Å². The third-order valence-corrected chi connectivity index (χ3v) is 4.42. The minimum absolute atomic E-state index is 0. The van der Waals surface area contributed by atoms with Gasteiger partial charge in [-0.25, -0.2) is 4.98 Å². The fourth-order valence-corrected chi connectivity index (χ4v) is 2.98. The highest BCUT2D eigenvalue weighted by atomic mass is 127. The molecule has 0 saturated carbocycles. The lowest BCUT2D eigenvalue weighted by Crippen LogP contribution is -2.37. The summed E-state index contributed by atoms with van der Waals surface area (Å²) in [6.07, 6.45) is 6.70. The number of guanidine groups is 1. The van der Waals surface area contributed by atoms with Gasteiger partial charge in [-0.15, -0.1) is 24.0 Å². The molecule has 5 nitrogen and oxygen atoms in total. The zero-order valence-corrected chi connectivity index (χ0v) is 18.8. The number of aromatic nitrogens is 2. The molecule has 2 aromatic carbocycles. The second-order valence-electron chi connectivity index (χ2n) is 6.44. The van der Waals surface area contributed by atoms with Crippen molar-refractivity contribution in [2.75, 3.05) is 13.6 Å². The zero-order valence-electron chi connectivity index (χ0n) is 16.4. The summed E-state index contributed by atoms with van der Waals surface area (Å²) in [7, 11) is 1.80. The molecule has 2 N–H and O–H groups in total. The van der Waals surface area contributed by atoms with Crippen molar-refractivity contribution in [2.45, 2.75) is 26.4 Å². The van der Waals surface area contributed by atoms with Gasteiger partial charge in [0.25, 0.3) is 0 Å². The monoisotopic (exact) mass is 489 g/mol. The first kappa shape index (κ1) is 21.9. The van der Waals surface area contributed by atoms with Crippen LogP contribution in [0.3, 0.4) is 0 Å². The third kappa shape index (κ3) is 6.09. The number of aliphatic imine (C=N–C) groups is 1. The molecule has 0 aliphatic heterocycles. The van der Waals surface area contributed by atoms with Crippen molar-refractivity contribution < 1.29 is 0 Å². The molecule has 3 aromatic rings. The first-order valence-electron chi connectivity index (χ1n) is 9.37. The van der Waals surface area contributed by atoms with Crippen LogP contribution in [0.4, 0.5) is 0 Å². The molecule has 0 aliphatic carbocycles. The minimum atomic E-state index is 0. The van der Waals surface area contributed by atoms with Crippen LogP contribution in [0.2, 0.25) is 0 Å². The molecule has 148 valence electrons. The first-order chi connectivity index (χ1) is 13.3. The molecule has 0 bridgehead atoms. The SMILES string of the molecule is CCCNC(=NC)NCc1ccccc1-c1ccc(Cn2ccnc2)cc1.I. The summed E-state index contributed by atoms with van der Waals surface area (Å²) in [6.45, 7) is 4.63. The van der Waals surface area contributed by atoms with Gasteiger partial charge in [-0.3, -0.25) is 4.99 Å². The van der Waals surface area contributed by atoms with E-state index in [1.165, 1.54) is 22.3 Å². The fourth-order valence-electron chi connectivity index (χ4n) is 2.98. The minimum Gasteiger partial charge on any atom is -0.356 e. The van der Waals surface area contributed by atoms with Gasteiger partial charge in [-0.05, 0) is 28.7 Å². The average molecular weight is 489 g/mol. The molecule has 0 saturated heterocycles. The standard InChI is InChI=1S/C22H27N5.HI/c1-3-12-25-22(23-2)26-15-20-6-4-5-7-21(20)19-10-8-18(9-11-19)16-27-14-13-24-17-27;/h4-11,13-14,17H,3,12,15-16H2,1-2H3,(H2,23,25,26);1H. The van der Waals surface area contributed by atoms with E-state index >= 15 is 0 Å². The van der Waals surface area contributed by atoms with Crippen LogP contribution < -0.4 is 10.6 Å². The van der Waals surface area contributed by atoms with Crippen molar-refractivity contribution in [2.24, 2.45) is 4.99 Å². The summed E-state index contributed by atoms with van der Waals surface area (Å²) >= 11 is 0. The van der Waals surface area contributed by atoms with E-state index < -0.39 is 0 Å². The Morgan fingerprint density at radius 1 is 1.07 bits per heavy atom. The summed E-state index contributed by atoms with van der Waals surface area (Å²) in [4.78, 5) is 8.37. The lowest BCUT2D eigenvalue weighted by molar-refractivity contribution is 0.782. The number of rotatable bonds is 7. The molecule has 0 amide bonds. The van der Waals surface area contributed by atoms with Gasteiger partial charge in [0, 0.05) is 39.1 Å². The lowest BCUT2D eigenvalue weighted by Gasteiger charge is -2.14. The number of hydrogen-bond acceptors (Lipinski definition) is 2. The van der Waals surface area contributed by atoms with E-state index in [-0.39, 0.29) is 24.0 Å². The van der Waals surface area contributed by atoms with Gasteiger partial charge in [0.2, 0.25) is 0 Å². The first-order valence-corrected chi connectivity index (χ1v) is 9.37. The fraction of sp³-hybridized carbons (Fsp3) is 0.273. The van der Waals surface area contributed by atoms with Crippen LogP contribution in [0.25, 0.3) is 11.1 Å². The van der Waals surface area contributed by atoms with Crippen molar-refractivity contribution in [3.05, 3.63) is 78.4 Å². The van der Waals surface area contributed by atoms with Crippen LogP contribution in [-0.2, 0) is 13.1 Å². The Morgan fingerprint density at radius 3 is 2.54 bits per heavy atom. The summed E-state index contributed by atoms with van der Waals surface area (Å²) in [5, 5.41) is 6.71. The zero-order chi connectivity index (χ0) is 18.9. The molecule has 28 heavy (non-hydrogen) atoms. The topological polar surface area (TPSA) is 54.2 Å². The summed E-state index contributed by atoms with van der Waals surface area (Å²) in [5.74, 6) is 0.835. The van der Waals surface area contributed by atoms with Crippen LogP contribution in [0, 0.1) is 0 Å². The Hall–Kier alpha value is -2.35. The van der Waals surface area contributed by atoms with Gasteiger partial charge in [-0.2, -0.15) is 0 Å². The normalized spacial score (nSPS) is 11.0. The van der Waals surface area contributed by atoms with E-state index in [1.54, 1.807) is 13.2 Å². The maximum absolute atomic E-state index is 4.28. The highest BCUT2D eigenvalue weighted by Gasteiger charge is 2.06. The molecular formula is C22H28IN5. The quantitative estimate of drug-likeness (QED) is 0.296. The summed E-state index contributed by atoms with van der Waals surface area (Å²) in [5.41, 5.74) is 4.97. The number of hydrogen-bond donors (Lipinski definition) is 2. The van der Waals surface area contributed by atoms with Crippen LogP contribution in [0.5, 0.6) is 0 Å². The van der Waals surface area contributed by atoms with E-state index in [1.807, 2.05) is 12.5 Å². The van der Waals surface area contributed by atoms with Crippen molar-refractivity contribution in [3.8, 4) is 11.1 Å². The Labute approximate surface area is 184 Å². The predicted octanol–water partition coefficient (Wildman–Crippen LogP) is 4.29. The highest BCUT2D eigenvalue weighted by molar-refractivity contribution is 14.0. The van der Waals surface area contributed by atoms with Gasteiger partial charge in [0.05, 0.1) is 6.33 Å². The maximum Gasteiger partial charge on any atom is 0.191 e. The molecule has 1 aromatic heterocycles. The molecule has 0 fully saturated rings. The molecule has 0 unspecified atom stereocenters. The number of halogens is 1. The molecule has 0 radical (unpaired) electrons. The second-order valence-corrected chi connectivity index (χ2v) is 6.44. The smallest absolute Gasteiger partial charge is 0.191 e. The van der Waals surface area contributed by atoms with E-state index in [0.717, 1.165) is 32.0 Å². The average Bonchev–Trinajstić information content (AvgIpc) is 3.22. The summed E-state index contributed by atoms with van der Waals surface area (Å²) < 4.78 is 2.07. The van der Waals surface area contributed by atoms with Crippen LogP contribution >= 0.6 is 24.0 Å². The van der Waals surface area contributed by atoms with Gasteiger partial charge >= 0.3 is 0 Å². The molecule has 0 aliphatic rings. The van der Waals surface area contributed by atoms with Crippen LogP contribution in [-0.4, -0.2) is 29.1 Å². The molecular weight excluding hydrogens is 461 g/mol. The van der Waals surface area contributed by atoms with Crippen LogP contribution in [0.1, 0.15) is 24.5 Å². The van der Waals surface area contributed by atoms with E-state index in [0.29, 0.717) is 0 Å². The Balaban J connectivity index is 0.00000280. The number of nitrogens with zero attached hydrogens (tertiary/aromatic N) is 3. The summed E-state index contributed by atoms with van der Waals surface area (Å²) in [6, 6.07) is 17.2. The highest BCUT2D eigenvalue weighted by Crippen LogP contribution is 2.24. The van der Waals surface area contributed by atoms with Crippen molar-refractivity contribution in [3.63, 3.8) is 0 Å². The van der Waals surface area contributed by atoms with E-state index in [4.69, 9.17) is 0 Å². The van der Waals surface area contributed by atoms with Gasteiger partial charge in [0.15, 0.2) is 5.96 Å². The second kappa shape index (κ2) is 11.5. The molecule has 0 spiro atoms.